The van der Waals surface area contributed by atoms with E-state index in [1.807, 2.05) is 0 Å². The van der Waals surface area contributed by atoms with Gasteiger partial charge in [0.15, 0.2) is 5.84 Å². The van der Waals surface area contributed by atoms with Gasteiger partial charge < -0.3 is 15.8 Å². The molecule has 0 atom stereocenters. The number of oxime groups is 1. The molecule has 1 heterocycles. The van der Waals surface area contributed by atoms with Gasteiger partial charge in [0.25, 0.3) is 0 Å². The highest BCUT2D eigenvalue weighted by molar-refractivity contribution is 6.06. The number of aromatic amines is 1. The first-order valence-electron chi connectivity index (χ1n) is 6.68. The molecule has 4 N–H and O–H groups in total. The van der Waals surface area contributed by atoms with E-state index in [1.54, 1.807) is 11.9 Å². The molecule has 1 aliphatic carbocycles. The number of H-pyrrole nitrogens is 1. The molecule has 0 bridgehead atoms. The van der Waals surface area contributed by atoms with Gasteiger partial charge in [0, 0.05) is 7.05 Å². The van der Waals surface area contributed by atoms with Crippen molar-refractivity contribution in [3.63, 3.8) is 0 Å². The predicted molar refractivity (Wildman–Crippen MR) is 71.8 cm³/mol. The highest BCUT2D eigenvalue weighted by atomic mass is 16.4. The van der Waals surface area contributed by atoms with Crippen LogP contribution in [0.3, 0.4) is 0 Å². The van der Waals surface area contributed by atoms with E-state index in [4.69, 9.17) is 10.9 Å². The zero-order valence-electron chi connectivity index (χ0n) is 11.5. The van der Waals surface area contributed by atoms with Crippen LogP contribution in [0.4, 0.5) is 0 Å². The maximum absolute atomic E-state index is 12.7. The van der Waals surface area contributed by atoms with Gasteiger partial charge in [-0.2, -0.15) is 5.10 Å². The van der Waals surface area contributed by atoms with Gasteiger partial charge >= 0.3 is 0 Å². The largest absolute Gasteiger partial charge is 0.409 e. The second-order valence-corrected chi connectivity index (χ2v) is 5.22. The molecule has 0 unspecified atom stereocenters. The summed E-state index contributed by atoms with van der Waals surface area (Å²) in [5, 5.41) is 18.6. The minimum absolute atomic E-state index is 0.00613. The zero-order valence-corrected chi connectivity index (χ0v) is 11.5. The Morgan fingerprint density at radius 3 is 2.80 bits per heavy atom. The number of amides is 1. The second-order valence-electron chi connectivity index (χ2n) is 5.22. The van der Waals surface area contributed by atoms with Gasteiger partial charge in [-0.25, -0.2) is 4.98 Å². The van der Waals surface area contributed by atoms with Crippen LogP contribution in [0.2, 0.25) is 0 Å². The monoisotopic (exact) mass is 280 g/mol. The molecule has 0 radical (unpaired) electrons. The molecule has 2 rings (SSSR count). The van der Waals surface area contributed by atoms with Crippen LogP contribution < -0.4 is 5.73 Å². The van der Waals surface area contributed by atoms with E-state index in [2.05, 4.69) is 20.3 Å². The van der Waals surface area contributed by atoms with Crippen molar-refractivity contribution in [1.29, 1.82) is 0 Å². The van der Waals surface area contributed by atoms with Gasteiger partial charge in [-0.05, 0) is 12.8 Å². The summed E-state index contributed by atoms with van der Waals surface area (Å²) in [4.78, 5) is 18.3. The fourth-order valence-corrected chi connectivity index (χ4v) is 2.80. The number of carbonyl (C=O) groups excluding carboxylic acids is 1. The molecule has 1 fully saturated rings. The van der Waals surface area contributed by atoms with Gasteiger partial charge in [0.1, 0.15) is 17.6 Å². The summed E-state index contributed by atoms with van der Waals surface area (Å²) in [6, 6.07) is 0. The van der Waals surface area contributed by atoms with Crippen molar-refractivity contribution >= 4 is 11.7 Å². The van der Waals surface area contributed by atoms with Crippen LogP contribution in [0.15, 0.2) is 11.5 Å². The third-order valence-electron chi connectivity index (χ3n) is 3.91. The average molecular weight is 280 g/mol. The first kappa shape index (κ1) is 14.3. The smallest absolute Gasteiger partial charge is 0.236 e. The molecule has 1 aromatic rings. The topological polar surface area (TPSA) is 120 Å². The fourth-order valence-electron chi connectivity index (χ4n) is 2.80. The van der Waals surface area contributed by atoms with Gasteiger partial charge in [-0.3, -0.25) is 9.89 Å². The Hall–Kier alpha value is -2.12. The van der Waals surface area contributed by atoms with Gasteiger partial charge in [0.05, 0.1) is 6.54 Å². The van der Waals surface area contributed by atoms with Crippen LogP contribution in [0.25, 0.3) is 0 Å². The van der Waals surface area contributed by atoms with Crippen molar-refractivity contribution in [3.05, 3.63) is 12.2 Å². The Balaban J connectivity index is 2.18. The van der Waals surface area contributed by atoms with Crippen LogP contribution in [-0.4, -0.2) is 44.1 Å². The lowest BCUT2D eigenvalue weighted by molar-refractivity contribution is -0.139. The summed E-state index contributed by atoms with van der Waals surface area (Å²) in [5.41, 5.74) is 4.92. The first-order chi connectivity index (χ1) is 9.60. The maximum Gasteiger partial charge on any atom is 0.236 e. The predicted octanol–water partition coefficient (Wildman–Crippen LogP) is 0.460. The third-order valence-corrected chi connectivity index (χ3v) is 3.91. The number of amidine groups is 1. The molecule has 0 aromatic carbocycles. The lowest BCUT2D eigenvalue weighted by Gasteiger charge is -2.37. The molecule has 20 heavy (non-hydrogen) atoms. The fraction of sp³-hybridized carbons (Fsp3) is 0.667. The van der Waals surface area contributed by atoms with Crippen molar-refractivity contribution < 1.29 is 10.0 Å². The standard InChI is InChI=1S/C12H20N6O2/c1-18(7-9-14-8-15-16-9)11(19)12(10(13)17-20)5-3-2-4-6-12/h8,20H,2-7H2,1H3,(H2,13,17)(H,14,15,16). The number of nitrogens with one attached hydrogen (secondary N) is 1. The molecule has 1 saturated carbocycles. The lowest BCUT2D eigenvalue weighted by atomic mass is 9.72. The van der Waals surface area contributed by atoms with E-state index in [-0.39, 0.29) is 11.7 Å². The molecule has 0 aliphatic heterocycles. The normalized spacial score (nSPS) is 18.8. The summed E-state index contributed by atoms with van der Waals surface area (Å²) >= 11 is 0. The Labute approximate surface area is 117 Å². The third kappa shape index (κ3) is 2.59. The van der Waals surface area contributed by atoms with Crippen molar-refractivity contribution in [2.24, 2.45) is 16.3 Å². The Kier molecular flexibility index (Phi) is 4.21. The van der Waals surface area contributed by atoms with E-state index in [9.17, 15) is 4.79 Å². The minimum atomic E-state index is -0.887. The number of nitrogens with zero attached hydrogens (tertiary/aromatic N) is 4. The maximum atomic E-state index is 12.7. The highest BCUT2D eigenvalue weighted by Gasteiger charge is 2.45. The number of hydrogen-bond acceptors (Lipinski definition) is 5. The first-order valence-corrected chi connectivity index (χ1v) is 6.68. The summed E-state index contributed by atoms with van der Waals surface area (Å²) in [6.07, 6.45) is 5.49. The number of carbonyl (C=O) groups is 1. The highest BCUT2D eigenvalue weighted by Crippen LogP contribution is 2.38. The van der Waals surface area contributed by atoms with E-state index in [0.717, 1.165) is 19.3 Å². The summed E-state index contributed by atoms with van der Waals surface area (Å²) in [5.74, 6) is 0.474. The van der Waals surface area contributed by atoms with Crippen molar-refractivity contribution in [1.82, 2.24) is 20.1 Å². The zero-order chi connectivity index (χ0) is 14.6. The summed E-state index contributed by atoms with van der Waals surface area (Å²) < 4.78 is 0. The van der Waals surface area contributed by atoms with Crippen LogP contribution in [0, 0.1) is 5.41 Å². The Bertz CT molecular complexity index is 478. The van der Waals surface area contributed by atoms with Crippen molar-refractivity contribution in [2.45, 2.75) is 38.6 Å². The lowest BCUT2D eigenvalue weighted by Crippen LogP contribution is -2.51. The summed E-state index contributed by atoms with van der Waals surface area (Å²) in [7, 11) is 1.69. The molecule has 8 nitrogen and oxygen atoms in total. The van der Waals surface area contributed by atoms with Crippen molar-refractivity contribution in [3.8, 4) is 0 Å². The number of hydrogen-bond donors (Lipinski definition) is 3. The molecule has 1 aliphatic rings. The molecular formula is C12H20N6O2. The average Bonchev–Trinajstić information content (AvgIpc) is 2.99. The van der Waals surface area contributed by atoms with E-state index >= 15 is 0 Å². The van der Waals surface area contributed by atoms with E-state index < -0.39 is 5.41 Å². The molecule has 8 heteroatoms. The Morgan fingerprint density at radius 1 is 1.55 bits per heavy atom. The molecule has 0 spiro atoms. The molecule has 1 amide bonds. The summed E-state index contributed by atoms with van der Waals surface area (Å²) in [6.45, 7) is 0.319. The number of nitrogens with two attached hydrogens (primary N) is 1. The van der Waals surface area contributed by atoms with Crippen LogP contribution in [0.5, 0.6) is 0 Å². The molecule has 1 aromatic heterocycles. The van der Waals surface area contributed by atoms with Gasteiger partial charge in [-0.1, -0.05) is 24.4 Å². The number of rotatable bonds is 4. The van der Waals surface area contributed by atoms with Crippen LogP contribution in [-0.2, 0) is 11.3 Å². The molecule has 110 valence electrons. The van der Waals surface area contributed by atoms with Crippen molar-refractivity contribution in [2.75, 3.05) is 7.05 Å². The van der Waals surface area contributed by atoms with E-state index in [0.29, 0.717) is 25.2 Å². The molecular weight excluding hydrogens is 260 g/mol. The Morgan fingerprint density at radius 2 is 2.25 bits per heavy atom. The molecule has 0 saturated heterocycles. The van der Waals surface area contributed by atoms with Crippen LogP contribution >= 0.6 is 0 Å². The quantitative estimate of drug-likeness (QED) is 0.320. The van der Waals surface area contributed by atoms with Gasteiger partial charge in [0.2, 0.25) is 5.91 Å². The second kappa shape index (κ2) is 5.89. The van der Waals surface area contributed by atoms with Crippen LogP contribution in [0.1, 0.15) is 37.9 Å². The SMILES string of the molecule is CN(Cc1ncn[nH]1)C(=O)C1(C(N)=NO)CCCCC1. The minimum Gasteiger partial charge on any atom is -0.409 e. The van der Waals surface area contributed by atoms with Gasteiger partial charge in [-0.15, -0.1) is 0 Å². The number of aromatic nitrogens is 3. The van der Waals surface area contributed by atoms with E-state index in [1.165, 1.54) is 6.33 Å².